The molecule has 6 nitrogen and oxygen atoms in total. The summed E-state index contributed by atoms with van der Waals surface area (Å²) in [6, 6.07) is 5.05. The molecule has 1 aliphatic rings. The number of carbonyl (C=O) groups is 2. The molecule has 1 saturated heterocycles. The van der Waals surface area contributed by atoms with Crippen LogP contribution in [0.4, 0.5) is 16.2 Å². The zero-order valence-electron chi connectivity index (χ0n) is 12.9. The van der Waals surface area contributed by atoms with Crippen LogP contribution in [-0.4, -0.2) is 42.1 Å². The first kappa shape index (κ1) is 16.4. The second-order valence-electron chi connectivity index (χ2n) is 6.15. The number of rotatable bonds is 1. The summed E-state index contributed by atoms with van der Waals surface area (Å²) in [5, 5.41) is 0.403. The molecular formula is C15H20ClN3O3. The van der Waals surface area contributed by atoms with E-state index in [0.29, 0.717) is 29.5 Å². The highest BCUT2D eigenvalue weighted by molar-refractivity contribution is 6.33. The van der Waals surface area contributed by atoms with Gasteiger partial charge in [0.2, 0.25) is 5.91 Å². The van der Waals surface area contributed by atoms with Crippen LogP contribution in [0.25, 0.3) is 0 Å². The molecule has 0 radical (unpaired) electrons. The number of carbonyl (C=O) groups excluding carboxylic acids is 2. The van der Waals surface area contributed by atoms with E-state index >= 15 is 0 Å². The van der Waals surface area contributed by atoms with Crippen LogP contribution >= 0.6 is 11.6 Å². The van der Waals surface area contributed by atoms with E-state index in [1.165, 1.54) is 4.90 Å². The molecule has 0 bridgehead atoms. The van der Waals surface area contributed by atoms with E-state index < -0.39 is 11.7 Å². The first-order valence-electron chi connectivity index (χ1n) is 7.01. The van der Waals surface area contributed by atoms with E-state index in [9.17, 15) is 9.59 Å². The van der Waals surface area contributed by atoms with E-state index in [4.69, 9.17) is 22.1 Å². The zero-order valence-corrected chi connectivity index (χ0v) is 13.7. The van der Waals surface area contributed by atoms with Crippen molar-refractivity contribution < 1.29 is 14.3 Å². The normalized spacial score (nSPS) is 15.9. The summed E-state index contributed by atoms with van der Waals surface area (Å²) >= 11 is 5.99. The number of anilines is 2. The fraction of sp³-hybridized carbons (Fsp3) is 0.467. The first-order chi connectivity index (χ1) is 10.2. The number of nitrogen functional groups attached to an aromatic ring is 1. The van der Waals surface area contributed by atoms with Crippen molar-refractivity contribution in [2.75, 3.05) is 30.3 Å². The minimum atomic E-state index is -0.582. The lowest BCUT2D eigenvalue weighted by Crippen LogP contribution is -2.53. The number of hydrogen-bond acceptors (Lipinski definition) is 4. The summed E-state index contributed by atoms with van der Waals surface area (Å²) in [5.41, 5.74) is 6.22. The monoisotopic (exact) mass is 325 g/mol. The molecule has 0 atom stereocenters. The van der Waals surface area contributed by atoms with Gasteiger partial charge >= 0.3 is 6.09 Å². The lowest BCUT2D eigenvalue weighted by Gasteiger charge is -2.35. The number of ether oxygens (including phenoxy) is 1. The van der Waals surface area contributed by atoms with Crippen molar-refractivity contribution in [3.8, 4) is 0 Å². The summed E-state index contributed by atoms with van der Waals surface area (Å²) in [4.78, 5) is 27.3. The minimum Gasteiger partial charge on any atom is -0.444 e. The number of nitrogens with zero attached hydrogens (tertiary/aromatic N) is 2. The molecule has 2 rings (SSSR count). The molecule has 0 unspecified atom stereocenters. The quantitative estimate of drug-likeness (QED) is 0.805. The lowest BCUT2D eigenvalue weighted by molar-refractivity contribution is -0.121. The van der Waals surface area contributed by atoms with E-state index in [0.717, 1.165) is 0 Å². The third kappa shape index (κ3) is 3.82. The zero-order chi connectivity index (χ0) is 16.5. The number of nitrogens with two attached hydrogens (primary N) is 1. The Kier molecular flexibility index (Phi) is 4.51. The highest BCUT2D eigenvalue weighted by atomic mass is 35.5. The van der Waals surface area contributed by atoms with Gasteiger partial charge < -0.3 is 15.4 Å². The molecule has 0 saturated carbocycles. The number of piperazine rings is 1. The second kappa shape index (κ2) is 6.04. The van der Waals surface area contributed by atoms with E-state index in [2.05, 4.69) is 0 Å². The maximum Gasteiger partial charge on any atom is 0.410 e. The fourth-order valence-corrected chi connectivity index (χ4v) is 2.29. The van der Waals surface area contributed by atoms with Crippen LogP contribution in [-0.2, 0) is 9.53 Å². The summed E-state index contributed by atoms with van der Waals surface area (Å²) in [7, 11) is 0. The molecule has 1 aromatic carbocycles. The molecule has 1 aliphatic heterocycles. The van der Waals surface area contributed by atoms with Crippen molar-refractivity contribution in [1.29, 1.82) is 0 Å². The van der Waals surface area contributed by atoms with Crippen LogP contribution in [0, 0.1) is 0 Å². The fourth-order valence-electron chi connectivity index (χ4n) is 2.11. The smallest absolute Gasteiger partial charge is 0.410 e. The molecule has 7 heteroatoms. The Labute approximate surface area is 134 Å². The third-order valence-electron chi connectivity index (χ3n) is 3.17. The van der Waals surface area contributed by atoms with Gasteiger partial charge in [-0.3, -0.25) is 9.69 Å². The molecule has 120 valence electrons. The van der Waals surface area contributed by atoms with Gasteiger partial charge in [-0.05, 0) is 39.0 Å². The van der Waals surface area contributed by atoms with Crippen molar-refractivity contribution >= 4 is 35.0 Å². The number of benzene rings is 1. The minimum absolute atomic E-state index is 0.0170. The largest absolute Gasteiger partial charge is 0.444 e. The standard InChI is InChI=1S/C15H20ClN3O3/c1-15(2,3)22-14(21)18-6-7-19(13(20)9-18)10-4-5-12(17)11(16)8-10/h4-5,8H,6-7,9,17H2,1-3H3. The summed E-state index contributed by atoms with van der Waals surface area (Å²) < 4.78 is 5.28. The molecule has 22 heavy (non-hydrogen) atoms. The molecular weight excluding hydrogens is 306 g/mol. The number of amides is 2. The van der Waals surface area contributed by atoms with Crippen LogP contribution in [0.1, 0.15) is 20.8 Å². The van der Waals surface area contributed by atoms with Gasteiger partial charge in [-0.25, -0.2) is 4.79 Å². The summed E-state index contributed by atoms with van der Waals surface area (Å²) in [5.74, 6) is -0.182. The summed E-state index contributed by atoms with van der Waals surface area (Å²) in [6.45, 7) is 6.15. The van der Waals surface area contributed by atoms with Crippen LogP contribution in [0.2, 0.25) is 5.02 Å². The van der Waals surface area contributed by atoms with Gasteiger partial charge in [0.15, 0.2) is 0 Å². The van der Waals surface area contributed by atoms with Crippen molar-refractivity contribution in [3.05, 3.63) is 23.2 Å². The predicted molar refractivity (Wildman–Crippen MR) is 86.0 cm³/mol. The first-order valence-corrected chi connectivity index (χ1v) is 7.38. The van der Waals surface area contributed by atoms with Gasteiger partial charge in [0.25, 0.3) is 0 Å². The van der Waals surface area contributed by atoms with Crippen LogP contribution in [0.3, 0.4) is 0 Å². The van der Waals surface area contributed by atoms with Gasteiger partial charge in [-0.2, -0.15) is 0 Å². The number of hydrogen-bond donors (Lipinski definition) is 1. The van der Waals surface area contributed by atoms with Crippen molar-refractivity contribution in [2.45, 2.75) is 26.4 Å². The maximum absolute atomic E-state index is 12.3. The molecule has 0 aromatic heterocycles. The molecule has 2 N–H and O–H groups in total. The Bertz CT molecular complexity index is 598. The molecule has 1 aromatic rings. The molecule has 0 spiro atoms. The Morgan fingerprint density at radius 2 is 2.00 bits per heavy atom. The van der Waals surface area contributed by atoms with Gasteiger partial charge in [-0.15, -0.1) is 0 Å². The van der Waals surface area contributed by atoms with Crippen molar-refractivity contribution in [2.24, 2.45) is 0 Å². The number of halogens is 1. The van der Waals surface area contributed by atoms with Crippen LogP contribution in [0.5, 0.6) is 0 Å². The van der Waals surface area contributed by atoms with Gasteiger partial charge in [-0.1, -0.05) is 11.6 Å². The SMILES string of the molecule is CC(C)(C)OC(=O)N1CCN(c2ccc(N)c(Cl)c2)C(=O)C1. The van der Waals surface area contributed by atoms with Crippen LogP contribution < -0.4 is 10.6 Å². The second-order valence-corrected chi connectivity index (χ2v) is 6.56. The molecule has 1 fully saturated rings. The maximum atomic E-state index is 12.3. The van der Waals surface area contributed by atoms with Gasteiger partial charge in [0.1, 0.15) is 12.1 Å². The van der Waals surface area contributed by atoms with E-state index in [-0.39, 0.29) is 12.5 Å². The van der Waals surface area contributed by atoms with Crippen molar-refractivity contribution in [3.63, 3.8) is 0 Å². The molecule has 1 heterocycles. The average molecular weight is 326 g/mol. The predicted octanol–water partition coefficient (Wildman–Crippen LogP) is 2.51. The lowest BCUT2D eigenvalue weighted by atomic mass is 10.2. The Hall–Kier alpha value is -1.95. The Morgan fingerprint density at radius 1 is 1.32 bits per heavy atom. The Balaban J connectivity index is 2.05. The molecule has 2 amide bonds. The Morgan fingerprint density at radius 3 is 2.55 bits per heavy atom. The highest BCUT2D eigenvalue weighted by Gasteiger charge is 2.30. The topological polar surface area (TPSA) is 75.9 Å². The highest BCUT2D eigenvalue weighted by Crippen LogP contribution is 2.26. The van der Waals surface area contributed by atoms with Crippen molar-refractivity contribution in [1.82, 2.24) is 4.90 Å². The van der Waals surface area contributed by atoms with E-state index in [1.807, 2.05) is 0 Å². The average Bonchev–Trinajstić information content (AvgIpc) is 2.40. The summed E-state index contributed by atoms with van der Waals surface area (Å²) in [6.07, 6.45) is -0.476. The van der Waals surface area contributed by atoms with Crippen LogP contribution in [0.15, 0.2) is 18.2 Å². The van der Waals surface area contributed by atoms with Gasteiger partial charge in [0, 0.05) is 18.8 Å². The molecule has 0 aliphatic carbocycles. The van der Waals surface area contributed by atoms with E-state index in [1.54, 1.807) is 43.9 Å². The van der Waals surface area contributed by atoms with Gasteiger partial charge in [0.05, 0.1) is 10.7 Å². The third-order valence-corrected chi connectivity index (χ3v) is 3.50.